The van der Waals surface area contributed by atoms with E-state index in [4.69, 9.17) is 0 Å². The van der Waals surface area contributed by atoms with Gasteiger partial charge in [0.2, 0.25) is 0 Å². The number of rotatable bonds is 4. The molecule has 0 saturated heterocycles. The van der Waals surface area contributed by atoms with Gasteiger partial charge in [-0.3, -0.25) is 9.36 Å². The molecule has 0 amide bonds. The van der Waals surface area contributed by atoms with Crippen LogP contribution in [0.2, 0.25) is 0 Å². The van der Waals surface area contributed by atoms with Gasteiger partial charge in [-0.15, -0.1) is 0 Å². The molecule has 1 aromatic rings. The predicted molar refractivity (Wildman–Crippen MR) is 64.4 cm³/mol. The molecule has 0 aliphatic rings. The van der Waals surface area contributed by atoms with Gasteiger partial charge < -0.3 is 4.90 Å². The molecule has 0 spiro atoms. The molecular weight excluding hydrogens is 293 g/mol. The quantitative estimate of drug-likeness (QED) is 0.772. The number of nitrogens with zero attached hydrogens (tertiary/aromatic N) is 3. The molecular formula is C9H14IN3O. The van der Waals surface area contributed by atoms with Crippen molar-refractivity contribution < 1.29 is 0 Å². The highest BCUT2D eigenvalue weighted by Crippen LogP contribution is 1.94. The molecule has 5 heteroatoms. The summed E-state index contributed by atoms with van der Waals surface area (Å²) >= 11 is 2.01. The highest BCUT2D eigenvalue weighted by molar-refractivity contribution is 14.1. The van der Waals surface area contributed by atoms with E-state index in [9.17, 15) is 4.79 Å². The lowest BCUT2D eigenvalue weighted by molar-refractivity contribution is 0.384. The van der Waals surface area contributed by atoms with Crippen molar-refractivity contribution in [3.8, 4) is 0 Å². The Morgan fingerprint density at radius 2 is 2.29 bits per heavy atom. The second kappa shape index (κ2) is 5.45. The van der Waals surface area contributed by atoms with Gasteiger partial charge in [-0.25, -0.2) is 4.98 Å². The fraction of sp³-hybridized carbons (Fsp3) is 0.556. The Hall–Kier alpha value is -0.430. The molecule has 0 aliphatic heterocycles. The topological polar surface area (TPSA) is 38.1 Å². The Morgan fingerprint density at radius 3 is 2.93 bits per heavy atom. The maximum Gasteiger partial charge on any atom is 0.266 e. The lowest BCUT2D eigenvalue weighted by atomic mass is 10.4. The largest absolute Gasteiger partial charge is 0.309 e. The normalized spacial score (nSPS) is 10.9. The molecule has 1 aromatic heterocycles. The molecule has 0 N–H and O–H groups in total. The van der Waals surface area contributed by atoms with Gasteiger partial charge in [0.05, 0.1) is 9.90 Å². The van der Waals surface area contributed by atoms with Crippen molar-refractivity contribution in [2.45, 2.75) is 13.0 Å². The average molecular weight is 307 g/mol. The van der Waals surface area contributed by atoms with Crippen molar-refractivity contribution in [1.82, 2.24) is 14.5 Å². The summed E-state index contributed by atoms with van der Waals surface area (Å²) in [6, 6.07) is 0. The van der Waals surface area contributed by atoms with Crippen molar-refractivity contribution in [3.05, 3.63) is 26.4 Å². The Kier molecular flexibility index (Phi) is 4.53. The summed E-state index contributed by atoms with van der Waals surface area (Å²) in [4.78, 5) is 17.6. The van der Waals surface area contributed by atoms with Crippen molar-refractivity contribution in [2.75, 3.05) is 20.6 Å². The van der Waals surface area contributed by atoms with Crippen LogP contribution >= 0.6 is 22.6 Å². The number of aryl methyl sites for hydroxylation is 1. The van der Waals surface area contributed by atoms with Crippen LogP contribution in [0.1, 0.15) is 6.42 Å². The van der Waals surface area contributed by atoms with Crippen LogP contribution in [0.15, 0.2) is 17.3 Å². The Balaban J connectivity index is 2.59. The summed E-state index contributed by atoms with van der Waals surface area (Å²) in [6.45, 7) is 1.72. The monoisotopic (exact) mass is 307 g/mol. The third-order valence-electron chi connectivity index (χ3n) is 1.86. The van der Waals surface area contributed by atoms with Gasteiger partial charge >= 0.3 is 0 Å². The van der Waals surface area contributed by atoms with E-state index >= 15 is 0 Å². The van der Waals surface area contributed by atoms with E-state index in [-0.39, 0.29) is 5.56 Å². The van der Waals surface area contributed by atoms with Gasteiger partial charge in [-0.1, -0.05) is 0 Å². The molecule has 0 radical (unpaired) electrons. The first-order valence-electron chi connectivity index (χ1n) is 4.46. The zero-order chi connectivity index (χ0) is 10.6. The third-order valence-corrected chi connectivity index (χ3v) is 2.60. The van der Waals surface area contributed by atoms with E-state index in [1.165, 1.54) is 0 Å². The number of hydrogen-bond acceptors (Lipinski definition) is 3. The second-order valence-electron chi connectivity index (χ2n) is 3.40. The summed E-state index contributed by atoms with van der Waals surface area (Å²) < 4.78 is 2.33. The maximum absolute atomic E-state index is 11.5. The molecule has 14 heavy (non-hydrogen) atoms. The fourth-order valence-electron chi connectivity index (χ4n) is 1.14. The first kappa shape index (κ1) is 11.6. The van der Waals surface area contributed by atoms with E-state index < -0.39 is 0 Å². The minimum Gasteiger partial charge on any atom is -0.309 e. The maximum atomic E-state index is 11.5. The number of aromatic nitrogens is 2. The Morgan fingerprint density at radius 1 is 1.57 bits per heavy atom. The predicted octanol–water partition coefficient (Wildman–Crippen LogP) is 0.800. The summed E-state index contributed by atoms with van der Waals surface area (Å²) in [5, 5.41) is 0. The summed E-state index contributed by atoms with van der Waals surface area (Å²) in [6.07, 6.45) is 4.15. The van der Waals surface area contributed by atoms with E-state index in [0.29, 0.717) is 3.57 Å². The molecule has 0 bridgehead atoms. The van der Waals surface area contributed by atoms with Crippen LogP contribution in [0.3, 0.4) is 0 Å². The molecule has 1 heterocycles. The standard InChI is InChI=1S/C9H14IN3O/c1-12(2)4-3-5-13-7-11-6-8(10)9(13)14/h6-7H,3-5H2,1-2H3. The van der Waals surface area contributed by atoms with Gasteiger partial charge in [-0.05, 0) is 49.7 Å². The molecule has 0 unspecified atom stereocenters. The average Bonchev–Trinajstić information content (AvgIpc) is 2.12. The summed E-state index contributed by atoms with van der Waals surface area (Å²) in [5.41, 5.74) is 0.0550. The Labute approximate surface area is 97.1 Å². The molecule has 0 aromatic carbocycles. The third kappa shape index (κ3) is 3.38. The fourth-order valence-corrected chi connectivity index (χ4v) is 1.61. The van der Waals surface area contributed by atoms with Crippen LogP contribution < -0.4 is 5.56 Å². The van der Waals surface area contributed by atoms with Crippen LogP contribution in [0.4, 0.5) is 0 Å². The van der Waals surface area contributed by atoms with Crippen LogP contribution in [0.25, 0.3) is 0 Å². The first-order chi connectivity index (χ1) is 6.61. The van der Waals surface area contributed by atoms with E-state index in [1.54, 1.807) is 17.1 Å². The van der Waals surface area contributed by atoms with Gasteiger partial charge in [-0.2, -0.15) is 0 Å². The molecule has 0 saturated carbocycles. The van der Waals surface area contributed by atoms with Crippen molar-refractivity contribution in [2.24, 2.45) is 0 Å². The zero-order valence-corrected chi connectivity index (χ0v) is 10.6. The smallest absolute Gasteiger partial charge is 0.266 e. The zero-order valence-electron chi connectivity index (χ0n) is 8.40. The lowest BCUT2D eigenvalue weighted by Crippen LogP contribution is -2.24. The van der Waals surface area contributed by atoms with Crippen LogP contribution in [0.5, 0.6) is 0 Å². The van der Waals surface area contributed by atoms with Gasteiger partial charge in [0.15, 0.2) is 0 Å². The second-order valence-corrected chi connectivity index (χ2v) is 4.56. The van der Waals surface area contributed by atoms with E-state index in [1.807, 2.05) is 36.7 Å². The van der Waals surface area contributed by atoms with Gasteiger partial charge in [0.1, 0.15) is 0 Å². The molecule has 1 rings (SSSR count). The lowest BCUT2D eigenvalue weighted by Gasteiger charge is -2.09. The number of hydrogen-bond donors (Lipinski definition) is 0. The molecule has 0 fully saturated rings. The minimum atomic E-state index is 0.0550. The van der Waals surface area contributed by atoms with E-state index in [0.717, 1.165) is 19.5 Å². The molecule has 0 atom stereocenters. The molecule has 78 valence electrons. The summed E-state index contributed by atoms with van der Waals surface area (Å²) in [5.74, 6) is 0. The SMILES string of the molecule is CN(C)CCCn1cncc(I)c1=O. The van der Waals surface area contributed by atoms with Gasteiger partial charge in [0.25, 0.3) is 5.56 Å². The van der Waals surface area contributed by atoms with Crippen molar-refractivity contribution in [3.63, 3.8) is 0 Å². The number of halogens is 1. The van der Waals surface area contributed by atoms with Crippen LogP contribution in [0, 0.1) is 3.57 Å². The minimum absolute atomic E-state index is 0.0550. The first-order valence-corrected chi connectivity index (χ1v) is 5.54. The van der Waals surface area contributed by atoms with Gasteiger partial charge in [0, 0.05) is 12.7 Å². The van der Waals surface area contributed by atoms with Crippen LogP contribution in [-0.2, 0) is 6.54 Å². The molecule has 0 aliphatic carbocycles. The highest BCUT2D eigenvalue weighted by Gasteiger charge is 2.00. The highest BCUT2D eigenvalue weighted by atomic mass is 127. The van der Waals surface area contributed by atoms with Crippen molar-refractivity contribution in [1.29, 1.82) is 0 Å². The Bertz CT molecular complexity index is 348. The summed E-state index contributed by atoms with van der Waals surface area (Å²) in [7, 11) is 4.05. The van der Waals surface area contributed by atoms with Crippen molar-refractivity contribution >= 4 is 22.6 Å². The van der Waals surface area contributed by atoms with E-state index in [2.05, 4.69) is 9.88 Å². The molecule has 4 nitrogen and oxygen atoms in total. The van der Waals surface area contributed by atoms with Crippen LogP contribution in [-0.4, -0.2) is 35.1 Å².